The van der Waals surface area contributed by atoms with Crippen LogP contribution in [0.25, 0.3) is 10.9 Å². The summed E-state index contributed by atoms with van der Waals surface area (Å²) in [5.41, 5.74) is 2.56. The maximum Gasteiger partial charge on any atom is 0.122 e. The van der Waals surface area contributed by atoms with Crippen LogP contribution >= 0.6 is 11.3 Å². The van der Waals surface area contributed by atoms with Crippen molar-refractivity contribution < 1.29 is 4.74 Å². The lowest BCUT2D eigenvalue weighted by Crippen LogP contribution is -1.94. The molecule has 1 aromatic carbocycles. The summed E-state index contributed by atoms with van der Waals surface area (Å²) in [5.74, 6) is 1.60. The topological polar surface area (TPSA) is 25.0 Å². The molecule has 1 N–H and O–H groups in total. The number of nitrogens with one attached hydrogen (secondary N) is 1. The maximum atomic E-state index is 5.88. The zero-order chi connectivity index (χ0) is 13.9. The summed E-state index contributed by atoms with van der Waals surface area (Å²) in [5, 5.41) is 3.36. The molecule has 0 spiro atoms. The van der Waals surface area contributed by atoms with Gasteiger partial charge >= 0.3 is 0 Å². The van der Waals surface area contributed by atoms with Crippen molar-refractivity contribution in [3.8, 4) is 5.75 Å². The second kappa shape index (κ2) is 5.71. The lowest BCUT2D eigenvalue weighted by atomic mass is 10.0. The van der Waals surface area contributed by atoms with Crippen LogP contribution in [0.5, 0.6) is 5.75 Å². The number of ether oxygens (including phenoxy) is 1. The first kappa shape index (κ1) is 13.3. The molecule has 0 aliphatic rings. The molecule has 2 nitrogen and oxygen atoms in total. The Hall–Kier alpha value is -1.74. The third-order valence-electron chi connectivity index (χ3n) is 3.33. The predicted molar refractivity (Wildman–Crippen MR) is 85.5 cm³/mol. The van der Waals surface area contributed by atoms with Crippen LogP contribution in [0.3, 0.4) is 0 Å². The van der Waals surface area contributed by atoms with E-state index in [9.17, 15) is 0 Å². The van der Waals surface area contributed by atoms with E-state index in [1.807, 2.05) is 6.07 Å². The highest BCUT2D eigenvalue weighted by Crippen LogP contribution is 2.26. The summed E-state index contributed by atoms with van der Waals surface area (Å²) < 4.78 is 5.88. The molecule has 0 saturated carbocycles. The maximum absolute atomic E-state index is 5.88. The molecule has 20 heavy (non-hydrogen) atoms. The highest BCUT2D eigenvalue weighted by Gasteiger charge is 2.07. The van der Waals surface area contributed by atoms with E-state index in [0.717, 1.165) is 12.2 Å². The average Bonchev–Trinajstić information content (AvgIpc) is 3.06. The van der Waals surface area contributed by atoms with Crippen molar-refractivity contribution in [1.29, 1.82) is 0 Å². The number of rotatable bonds is 5. The Balaban J connectivity index is 1.81. The van der Waals surface area contributed by atoms with Crippen LogP contribution in [0.2, 0.25) is 0 Å². The van der Waals surface area contributed by atoms with E-state index in [1.54, 1.807) is 11.3 Å². The van der Waals surface area contributed by atoms with Crippen LogP contribution in [0, 0.1) is 5.92 Å². The van der Waals surface area contributed by atoms with E-state index < -0.39 is 0 Å². The molecule has 0 unspecified atom stereocenters. The summed E-state index contributed by atoms with van der Waals surface area (Å²) >= 11 is 1.73. The van der Waals surface area contributed by atoms with E-state index in [2.05, 4.69) is 54.7 Å². The third kappa shape index (κ3) is 2.88. The smallest absolute Gasteiger partial charge is 0.122 e. The molecule has 0 atom stereocenters. The number of aromatic amines is 1. The van der Waals surface area contributed by atoms with Gasteiger partial charge in [0.25, 0.3) is 0 Å². The first-order valence-corrected chi connectivity index (χ1v) is 7.85. The Morgan fingerprint density at radius 1 is 1.25 bits per heavy atom. The number of hydrogen-bond acceptors (Lipinski definition) is 2. The number of fused-ring (bicyclic) bond motifs is 1. The second-order valence-corrected chi connectivity index (χ2v) is 6.52. The summed E-state index contributed by atoms with van der Waals surface area (Å²) in [7, 11) is 0. The minimum atomic E-state index is 0.646. The Morgan fingerprint density at radius 2 is 2.15 bits per heavy atom. The van der Waals surface area contributed by atoms with E-state index in [0.29, 0.717) is 12.5 Å². The number of aromatic nitrogens is 1. The van der Waals surface area contributed by atoms with Crippen molar-refractivity contribution in [1.82, 2.24) is 4.98 Å². The van der Waals surface area contributed by atoms with Crippen molar-refractivity contribution in [2.24, 2.45) is 5.92 Å². The van der Waals surface area contributed by atoms with Gasteiger partial charge in [-0.05, 0) is 47.5 Å². The second-order valence-electron chi connectivity index (χ2n) is 5.49. The highest BCUT2D eigenvalue weighted by atomic mass is 32.1. The number of H-pyrrole nitrogens is 1. The highest BCUT2D eigenvalue weighted by molar-refractivity contribution is 7.09. The average molecular weight is 285 g/mol. The molecule has 3 aromatic rings. The minimum Gasteiger partial charge on any atom is -0.488 e. The molecule has 3 heteroatoms. The molecule has 0 amide bonds. The van der Waals surface area contributed by atoms with Gasteiger partial charge in [-0.25, -0.2) is 0 Å². The lowest BCUT2D eigenvalue weighted by Gasteiger charge is -2.06. The fourth-order valence-electron chi connectivity index (χ4n) is 2.41. The predicted octanol–water partition coefficient (Wildman–Crippen LogP) is 5.01. The van der Waals surface area contributed by atoms with Gasteiger partial charge in [-0.2, -0.15) is 0 Å². The molecule has 104 valence electrons. The summed E-state index contributed by atoms with van der Waals surface area (Å²) in [6.07, 6.45) is 3.21. The summed E-state index contributed by atoms with van der Waals surface area (Å²) in [4.78, 5) is 4.59. The lowest BCUT2D eigenvalue weighted by molar-refractivity contribution is 0.310. The molecule has 0 aliphatic carbocycles. The van der Waals surface area contributed by atoms with E-state index in [-0.39, 0.29) is 0 Å². The molecule has 2 heterocycles. The zero-order valence-electron chi connectivity index (χ0n) is 11.8. The molecule has 0 saturated heterocycles. The Labute approximate surface area is 123 Å². The Kier molecular flexibility index (Phi) is 3.79. The van der Waals surface area contributed by atoms with Crippen molar-refractivity contribution >= 4 is 22.2 Å². The van der Waals surface area contributed by atoms with Crippen LogP contribution in [0.15, 0.2) is 41.9 Å². The molecular formula is C17H19NOS. The molecule has 0 fully saturated rings. The number of benzene rings is 1. The normalized spacial score (nSPS) is 11.3. The van der Waals surface area contributed by atoms with Gasteiger partial charge in [-0.1, -0.05) is 19.9 Å². The Morgan fingerprint density at radius 3 is 2.90 bits per heavy atom. The molecule has 0 aliphatic heterocycles. The molecule has 0 radical (unpaired) electrons. The van der Waals surface area contributed by atoms with E-state index in [4.69, 9.17) is 4.74 Å². The SMILES string of the molecule is CC(C)Cc1c[nH]c2ccc(OCc3cccs3)cc12. The minimum absolute atomic E-state index is 0.646. The summed E-state index contributed by atoms with van der Waals surface area (Å²) in [6.45, 7) is 5.14. The molecule has 0 bridgehead atoms. The quantitative estimate of drug-likeness (QED) is 0.700. The van der Waals surface area contributed by atoms with Gasteiger partial charge in [-0.15, -0.1) is 11.3 Å². The summed E-state index contributed by atoms with van der Waals surface area (Å²) in [6, 6.07) is 10.4. The van der Waals surface area contributed by atoms with Gasteiger partial charge in [-0.3, -0.25) is 0 Å². The number of thiophene rings is 1. The van der Waals surface area contributed by atoms with Crippen molar-refractivity contribution in [2.75, 3.05) is 0 Å². The van der Waals surface area contributed by atoms with Crippen molar-refractivity contribution in [3.05, 3.63) is 52.3 Å². The molecule has 2 aromatic heterocycles. The molecule has 3 rings (SSSR count). The Bertz CT molecular complexity index is 682. The molecular weight excluding hydrogens is 266 g/mol. The standard InChI is InChI=1S/C17H19NOS/c1-12(2)8-13-10-18-17-6-5-14(9-16(13)17)19-11-15-4-3-7-20-15/h3-7,9-10,12,18H,8,11H2,1-2H3. The van der Waals surface area contributed by atoms with Crippen molar-refractivity contribution in [2.45, 2.75) is 26.9 Å². The third-order valence-corrected chi connectivity index (χ3v) is 4.18. The van der Waals surface area contributed by atoms with Gasteiger partial charge < -0.3 is 9.72 Å². The van der Waals surface area contributed by atoms with Crippen LogP contribution in [0.1, 0.15) is 24.3 Å². The first-order valence-electron chi connectivity index (χ1n) is 6.97. The van der Waals surface area contributed by atoms with E-state index in [1.165, 1.54) is 21.3 Å². The van der Waals surface area contributed by atoms with Crippen LogP contribution < -0.4 is 4.74 Å². The van der Waals surface area contributed by atoms with Gasteiger partial charge in [0, 0.05) is 22.0 Å². The van der Waals surface area contributed by atoms with Crippen LogP contribution in [0.4, 0.5) is 0 Å². The zero-order valence-corrected chi connectivity index (χ0v) is 12.7. The largest absolute Gasteiger partial charge is 0.488 e. The van der Waals surface area contributed by atoms with Gasteiger partial charge in [0.2, 0.25) is 0 Å². The monoisotopic (exact) mass is 285 g/mol. The van der Waals surface area contributed by atoms with Gasteiger partial charge in [0.15, 0.2) is 0 Å². The first-order chi connectivity index (χ1) is 9.72. The fourth-order valence-corrected chi connectivity index (χ4v) is 3.02. The van der Waals surface area contributed by atoms with Gasteiger partial charge in [0.1, 0.15) is 12.4 Å². The van der Waals surface area contributed by atoms with E-state index >= 15 is 0 Å². The van der Waals surface area contributed by atoms with Crippen LogP contribution in [-0.4, -0.2) is 4.98 Å². The van der Waals surface area contributed by atoms with Crippen LogP contribution in [-0.2, 0) is 13.0 Å². The van der Waals surface area contributed by atoms with Crippen molar-refractivity contribution in [3.63, 3.8) is 0 Å². The van der Waals surface area contributed by atoms with Gasteiger partial charge in [0.05, 0.1) is 0 Å². The fraction of sp³-hybridized carbons (Fsp3) is 0.294. The number of hydrogen-bond donors (Lipinski definition) is 1.